The van der Waals surface area contributed by atoms with Crippen LogP contribution in [0.5, 0.6) is 11.5 Å². The molecule has 3 aromatic rings. The molecule has 1 atom stereocenters. The van der Waals surface area contributed by atoms with Crippen LogP contribution in [0.3, 0.4) is 0 Å². The standard InChI is InChI=1S/C27H32ClF2N5O6S2.ClH/c1-27(2,3)41-26(36)34-10-9-17(14-34)33(4)20-12-19(29)24(23(30)22(20)28)43(37,38)35(25-31-15-32-42-25)13-16-7-8-18(39-5)11-21(16)40-6;/h7-8,11-12,15,17H,9-10,13-14H2,1-6H3;1H. The van der Waals surface area contributed by atoms with Crippen LogP contribution in [0.15, 0.2) is 35.5 Å². The molecule has 1 fully saturated rings. The third kappa shape index (κ3) is 7.38. The summed E-state index contributed by atoms with van der Waals surface area (Å²) in [6.07, 6.45) is 1.11. The summed E-state index contributed by atoms with van der Waals surface area (Å²) in [6.45, 7) is 5.47. The number of hydrogen-bond donors (Lipinski definition) is 0. The number of rotatable bonds is 9. The maximum absolute atomic E-state index is 15.9. The summed E-state index contributed by atoms with van der Waals surface area (Å²) >= 11 is 7.11. The largest absolute Gasteiger partial charge is 0.497 e. The van der Waals surface area contributed by atoms with E-state index in [1.807, 2.05) is 0 Å². The van der Waals surface area contributed by atoms with Crippen LogP contribution in [-0.2, 0) is 21.3 Å². The number of likely N-dealkylation sites (N-methyl/N-ethyl adjacent to an activating group) is 1. The number of carbonyl (C=O) groups excluding carboxylic acids is 1. The van der Waals surface area contributed by atoms with E-state index in [4.69, 9.17) is 25.8 Å². The van der Waals surface area contributed by atoms with Crippen LogP contribution in [0.1, 0.15) is 32.8 Å². The molecule has 0 saturated carbocycles. The van der Waals surface area contributed by atoms with E-state index < -0.39 is 43.3 Å². The van der Waals surface area contributed by atoms with Crippen LogP contribution >= 0.6 is 35.5 Å². The van der Waals surface area contributed by atoms with Gasteiger partial charge in [0.25, 0.3) is 10.0 Å². The molecule has 4 rings (SSSR count). The highest BCUT2D eigenvalue weighted by Gasteiger charge is 2.38. The lowest BCUT2D eigenvalue weighted by Gasteiger charge is -2.29. The molecule has 1 aliphatic heterocycles. The number of sulfonamides is 1. The van der Waals surface area contributed by atoms with E-state index in [2.05, 4.69) is 9.36 Å². The lowest BCUT2D eigenvalue weighted by atomic mass is 10.2. The topological polar surface area (TPSA) is 114 Å². The average molecular weight is 697 g/mol. The Morgan fingerprint density at radius 3 is 2.50 bits per heavy atom. The first-order valence-electron chi connectivity index (χ1n) is 13.1. The number of amides is 1. The van der Waals surface area contributed by atoms with Crippen molar-refractivity contribution in [2.24, 2.45) is 0 Å². The van der Waals surface area contributed by atoms with Crippen LogP contribution in [-0.4, -0.2) is 74.8 Å². The number of anilines is 2. The van der Waals surface area contributed by atoms with Crippen molar-refractivity contribution in [3.8, 4) is 11.5 Å². The molecule has 1 aromatic heterocycles. The van der Waals surface area contributed by atoms with Gasteiger partial charge in [-0.3, -0.25) is 0 Å². The highest BCUT2D eigenvalue weighted by molar-refractivity contribution is 7.93. The summed E-state index contributed by atoms with van der Waals surface area (Å²) in [7, 11) is -0.482. The van der Waals surface area contributed by atoms with E-state index in [-0.39, 0.29) is 48.1 Å². The molecular weight excluding hydrogens is 663 g/mol. The Morgan fingerprint density at radius 1 is 1.20 bits per heavy atom. The van der Waals surface area contributed by atoms with Gasteiger partial charge in [-0.2, -0.15) is 4.37 Å². The quantitative estimate of drug-likeness (QED) is 0.258. The van der Waals surface area contributed by atoms with Gasteiger partial charge in [0.2, 0.25) is 5.13 Å². The second-order valence-corrected chi connectivity index (χ2v) is 13.7. The van der Waals surface area contributed by atoms with Gasteiger partial charge in [-0.15, -0.1) is 12.4 Å². The Hall–Kier alpha value is -3.14. The van der Waals surface area contributed by atoms with E-state index in [0.29, 0.717) is 24.3 Å². The summed E-state index contributed by atoms with van der Waals surface area (Å²) in [5.41, 5.74) is -0.369. The highest BCUT2D eigenvalue weighted by Crippen LogP contribution is 2.39. The van der Waals surface area contributed by atoms with Gasteiger partial charge in [-0.1, -0.05) is 11.6 Å². The second-order valence-electron chi connectivity index (χ2n) is 10.7. The second kappa shape index (κ2) is 13.9. The summed E-state index contributed by atoms with van der Waals surface area (Å²) in [5, 5.41) is -0.709. The molecule has 1 aliphatic rings. The number of ether oxygens (including phenoxy) is 3. The van der Waals surface area contributed by atoms with Crippen molar-refractivity contribution in [3.63, 3.8) is 0 Å². The first-order valence-corrected chi connectivity index (χ1v) is 15.7. The molecule has 242 valence electrons. The fourth-order valence-corrected chi connectivity index (χ4v) is 7.17. The van der Waals surface area contributed by atoms with Crippen molar-refractivity contribution in [2.45, 2.75) is 50.3 Å². The first kappa shape index (κ1) is 35.3. The Kier molecular flexibility index (Phi) is 11.1. The van der Waals surface area contributed by atoms with Crippen molar-refractivity contribution < 1.29 is 36.2 Å². The monoisotopic (exact) mass is 695 g/mol. The highest BCUT2D eigenvalue weighted by atomic mass is 35.5. The minimum atomic E-state index is -4.91. The SMILES string of the molecule is COc1ccc(CN(c2ncns2)S(=O)(=O)c2c(F)cc(N(C)C3CCN(C(=O)OC(C)(C)C)C3)c(Cl)c2F)c(OC)c1.Cl. The van der Waals surface area contributed by atoms with Crippen LogP contribution in [0, 0.1) is 11.6 Å². The zero-order valence-corrected chi connectivity index (χ0v) is 28.0. The molecule has 0 radical (unpaired) electrons. The molecule has 1 unspecified atom stereocenters. The molecule has 11 nitrogen and oxygen atoms in total. The van der Waals surface area contributed by atoms with Crippen LogP contribution < -0.4 is 18.7 Å². The van der Waals surface area contributed by atoms with Crippen LogP contribution in [0.4, 0.5) is 24.4 Å². The zero-order valence-electron chi connectivity index (χ0n) is 24.8. The maximum atomic E-state index is 15.9. The number of aromatic nitrogens is 2. The van der Waals surface area contributed by atoms with E-state index in [1.165, 1.54) is 24.0 Å². The van der Waals surface area contributed by atoms with Crippen molar-refractivity contribution in [1.29, 1.82) is 0 Å². The van der Waals surface area contributed by atoms with Gasteiger partial charge in [-0.05, 0) is 39.3 Å². The van der Waals surface area contributed by atoms with E-state index in [1.54, 1.807) is 46.0 Å². The van der Waals surface area contributed by atoms with Gasteiger partial charge in [-0.25, -0.2) is 31.3 Å². The minimum Gasteiger partial charge on any atom is -0.497 e. The molecule has 44 heavy (non-hydrogen) atoms. The van der Waals surface area contributed by atoms with Gasteiger partial charge in [0, 0.05) is 55.4 Å². The van der Waals surface area contributed by atoms with Gasteiger partial charge >= 0.3 is 6.09 Å². The van der Waals surface area contributed by atoms with Crippen molar-refractivity contribution >= 4 is 62.5 Å². The number of likely N-dealkylation sites (tertiary alicyclic amines) is 1. The maximum Gasteiger partial charge on any atom is 0.410 e. The predicted molar refractivity (Wildman–Crippen MR) is 166 cm³/mol. The average Bonchev–Trinajstić information content (AvgIpc) is 3.65. The molecule has 0 bridgehead atoms. The fourth-order valence-electron chi connectivity index (χ4n) is 4.59. The Bertz CT molecular complexity index is 1590. The van der Waals surface area contributed by atoms with Crippen molar-refractivity contribution in [1.82, 2.24) is 14.3 Å². The summed E-state index contributed by atoms with van der Waals surface area (Å²) in [4.78, 5) is 18.3. The van der Waals surface area contributed by atoms with Gasteiger partial charge in [0.15, 0.2) is 10.7 Å². The number of methoxy groups -OCH3 is 2. The first-order chi connectivity index (χ1) is 20.2. The fraction of sp³-hybridized carbons (Fsp3) is 0.444. The summed E-state index contributed by atoms with van der Waals surface area (Å²) in [5.74, 6) is -2.05. The van der Waals surface area contributed by atoms with Crippen LogP contribution in [0.25, 0.3) is 0 Å². The lowest BCUT2D eigenvalue weighted by Crippen LogP contribution is -2.39. The van der Waals surface area contributed by atoms with Gasteiger partial charge < -0.3 is 24.0 Å². The van der Waals surface area contributed by atoms with Crippen LogP contribution in [0.2, 0.25) is 5.02 Å². The normalized spacial score (nSPS) is 15.0. The smallest absolute Gasteiger partial charge is 0.410 e. The molecule has 2 aromatic carbocycles. The summed E-state index contributed by atoms with van der Waals surface area (Å²) < 4.78 is 80.0. The number of carbonyl (C=O) groups is 1. The van der Waals surface area contributed by atoms with Gasteiger partial charge in [0.1, 0.15) is 34.3 Å². The molecule has 1 saturated heterocycles. The number of nitrogens with zero attached hydrogens (tertiary/aromatic N) is 5. The molecule has 0 aliphatic carbocycles. The molecular formula is C27H33Cl2F2N5O6S2. The lowest BCUT2D eigenvalue weighted by molar-refractivity contribution is 0.0292. The summed E-state index contributed by atoms with van der Waals surface area (Å²) in [6, 6.07) is 5.24. The van der Waals surface area contributed by atoms with Gasteiger partial charge in [0.05, 0.1) is 26.5 Å². The molecule has 0 N–H and O–H groups in total. The number of halogens is 4. The zero-order chi connectivity index (χ0) is 31.7. The van der Waals surface area contributed by atoms with E-state index >= 15 is 8.78 Å². The third-order valence-electron chi connectivity index (χ3n) is 6.76. The minimum absolute atomic E-state index is 0. The van der Waals surface area contributed by atoms with E-state index in [9.17, 15) is 13.2 Å². The predicted octanol–water partition coefficient (Wildman–Crippen LogP) is 5.75. The molecule has 2 heterocycles. The van der Waals surface area contributed by atoms with E-state index in [0.717, 1.165) is 28.2 Å². The third-order valence-corrected chi connectivity index (χ3v) is 9.70. The Balaban J connectivity index is 0.00000529. The number of benzene rings is 2. The molecule has 17 heteroatoms. The molecule has 0 spiro atoms. The Morgan fingerprint density at radius 2 is 1.91 bits per heavy atom. The Labute approximate surface area is 270 Å². The van der Waals surface area contributed by atoms with Crippen molar-refractivity contribution in [2.75, 3.05) is 43.6 Å². The molecule has 1 amide bonds. The number of hydrogen-bond acceptors (Lipinski definition) is 10. The van der Waals surface area contributed by atoms with Crippen molar-refractivity contribution in [3.05, 3.63) is 52.8 Å².